The molecule has 1 heterocycles. The molecule has 0 aromatic rings. The smallest absolute Gasteiger partial charge is 0.181 e. The molecule has 22 heavy (non-hydrogen) atoms. The number of hydrogen-bond donors (Lipinski definition) is 0. The SMILES string of the molecule is C=CC1(C=C)CC[Si](CCC)(CCC)[Si](CCC)(CCC)O1. The van der Waals surface area contributed by atoms with Crippen LogP contribution in [-0.2, 0) is 4.43 Å². The second-order valence-electron chi connectivity index (χ2n) is 7.24. The van der Waals surface area contributed by atoms with Crippen LogP contribution in [-0.4, -0.2) is 21.0 Å². The summed E-state index contributed by atoms with van der Waals surface area (Å²) >= 11 is 0. The fraction of sp³-hybridized carbons (Fsp3) is 0.789. The normalized spacial score (nSPS) is 22.2. The highest BCUT2D eigenvalue weighted by Crippen LogP contribution is 2.49. The van der Waals surface area contributed by atoms with Crippen molar-refractivity contribution >= 4 is 15.4 Å². The Hall–Kier alpha value is -0.126. The lowest BCUT2D eigenvalue weighted by Crippen LogP contribution is -2.70. The minimum atomic E-state index is -1.69. The molecule has 0 aromatic heterocycles. The van der Waals surface area contributed by atoms with E-state index < -0.39 is 15.4 Å². The Morgan fingerprint density at radius 3 is 1.68 bits per heavy atom. The highest BCUT2D eigenvalue weighted by Gasteiger charge is 2.59. The molecule has 1 fully saturated rings. The molecule has 1 saturated heterocycles. The lowest BCUT2D eigenvalue weighted by Gasteiger charge is -2.56. The average Bonchev–Trinajstić information content (AvgIpc) is 2.51. The molecule has 1 aliphatic rings. The van der Waals surface area contributed by atoms with Crippen molar-refractivity contribution in [1.82, 2.24) is 0 Å². The third-order valence-electron chi connectivity index (χ3n) is 5.80. The summed E-state index contributed by atoms with van der Waals surface area (Å²) in [6, 6.07) is 7.13. The van der Waals surface area contributed by atoms with Gasteiger partial charge in [-0.3, -0.25) is 0 Å². The molecule has 0 aromatic carbocycles. The zero-order valence-electron chi connectivity index (χ0n) is 15.5. The van der Waals surface area contributed by atoms with Gasteiger partial charge in [-0.25, -0.2) is 0 Å². The fourth-order valence-corrected chi connectivity index (χ4v) is 26.0. The minimum absolute atomic E-state index is 0.228. The van der Waals surface area contributed by atoms with Crippen LogP contribution in [0.5, 0.6) is 0 Å². The Bertz CT molecular complexity index is 344. The second-order valence-corrected chi connectivity index (χ2v) is 20.4. The van der Waals surface area contributed by atoms with Crippen molar-refractivity contribution in [1.29, 1.82) is 0 Å². The van der Waals surface area contributed by atoms with Crippen molar-refractivity contribution in [2.24, 2.45) is 0 Å². The third kappa shape index (κ3) is 3.68. The van der Waals surface area contributed by atoms with E-state index in [0.717, 1.165) is 6.42 Å². The molecule has 3 heteroatoms. The largest absolute Gasteiger partial charge is 0.407 e. The van der Waals surface area contributed by atoms with Gasteiger partial charge < -0.3 is 4.43 Å². The molecule has 0 saturated carbocycles. The van der Waals surface area contributed by atoms with Crippen molar-refractivity contribution in [2.45, 2.75) is 95.6 Å². The lowest BCUT2D eigenvalue weighted by molar-refractivity contribution is 0.149. The molecule has 0 bridgehead atoms. The van der Waals surface area contributed by atoms with Crippen LogP contribution in [0.1, 0.15) is 59.8 Å². The first-order valence-electron chi connectivity index (χ1n) is 9.50. The van der Waals surface area contributed by atoms with Crippen LogP contribution in [0, 0.1) is 0 Å². The number of rotatable bonds is 10. The van der Waals surface area contributed by atoms with E-state index in [9.17, 15) is 0 Å². The molecule has 0 N–H and O–H groups in total. The molecular weight excluding hydrogens is 300 g/mol. The van der Waals surface area contributed by atoms with E-state index >= 15 is 0 Å². The predicted molar refractivity (Wildman–Crippen MR) is 106 cm³/mol. The Morgan fingerprint density at radius 2 is 1.32 bits per heavy atom. The van der Waals surface area contributed by atoms with Crippen molar-refractivity contribution in [3.63, 3.8) is 0 Å². The van der Waals surface area contributed by atoms with Gasteiger partial charge in [0.25, 0.3) is 0 Å². The Kier molecular flexibility index (Phi) is 7.83. The first kappa shape index (κ1) is 19.9. The van der Waals surface area contributed by atoms with Crippen molar-refractivity contribution < 1.29 is 4.43 Å². The first-order valence-corrected chi connectivity index (χ1v) is 15.4. The molecule has 0 amide bonds. The maximum absolute atomic E-state index is 7.13. The molecule has 0 unspecified atom stereocenters. The zero-order valence-corrected chi connectivity index (χ0v) is 17.5. The van der Waals surface area contributed by atoms with E-state index in [1.807, 2.05) is 12.2 Å². The summed E-state index contributed by atoms with van der Waals surface area (Å²) < 4.78 is 7.13. The fourth-order valence-electron chi connectivity index (χ4n) is 4.91. The van der Waals surface area contributed by atoms with Crippen LogP contribution in [0.15, 0.2) is 25.3 Å². The van der Waals surface area contributed by atoms with Crippen molar-refractivity contribution in [3.05, 3.63) is 25.3 Å². The van der Waals surface area contributed by atoms with E-state index in [-0.39, 0.29) is 5.60 Å². The first-order chi connectivity index (χ1) is 10.5. The maximum atomic E-state index is 7.13. The van der Waals surface area contributed by atoms with E-state index in [1.165, 1.54) is 55.9 Å². The molecule has 0 aliphatic carbocycles. The van der Waals surface area contributed by atoms with Crippen LogP contribution in [0.2, 0.25) is 30.2 Å². The highest BCUT2D eigenvalue weighted by atomic mass is 29.3. The Balaban J connectivity index is 3.33. The van der Waals surface area contributed by atoms with Crippen LogP contribution < -0.4 is 0 Å². The average molecular weight is 339 g/mol. The minimum Gasteiger partial charge on any atom is -0.407 e. The van der Waals surface area contributed by atoms with Gasteiger partial charge in [0.05, 0.1) is 13.2 Å². The zero-order chi connectivity index (χ0) is 16.7. The molecule has 0 radical (unpaired) electrons. The lowest BCUT2D eigenvalue weighted by atomic mass is 10.0. The Morgan fingerprint density at radius 1 is 0.864 bits per heavy atom. The topological polar surface area (TPSA) is 9.23 Å². The standard InChI is InChI=1S/C19H38OSi2/c1-7-14-21(15-8-2)18-13-19(11-5,12-6)20-22(21,16-9-3)17-10-4/h11-12H,5-10,13-18H2,1-4H3. The van der Waals surface area contributed by atoms with Gasteiger partial charge in [-0.05, 0) is 18.5 Å². The molecule has 0 atom stereocenters. The van der Waals surface area contributed by atoms with Crippen molar-refractivity contribution in [2.75, 3.05) is 0 Å². The molecule has 1 nitrogen and oxygen atoms in total. The summed E-state index contributed by atoms with van der Waals surface area (Å²) in [5.41, 5.74) is -0.228. The summed E-state index contributed by atoms with van der Waals surface area (Å²) in [6.45, 7) is 17.6. The summed E-state index contributed by atoms with van der Waals surface area (Å²) in [5.74, 6) is 0. The molecule has 1 aliphatic heterocycles. The quantitative estimate of drug-likeness (QED) is 0.321. The highest BCUT2D eigenvalue weighted by molar-refractivity contribution is 7.40. The van der Waals surface area contributed by atoms with Crippen LogP contribution in [0.3, 0.4) is 0 Å². The molecule has 128 valence electrons. The van der Waals surface area contributed by atoms with E-state index in [0.29, 0.717) is 0 Å². The van der Waals surface area contributed by atoms with Crippen LogP contribution >= 0.6 is 0 Å². The second kappa shape index (κ2) is 8.65. The summed E-state index contributed by atoms with van der Waals surface area (Å²) in [5, 5.41) is 0. The van der Waals surface area contributed by atoms with Gasteiger partial charge in [0.2, 0.25) is 0 Å². The molecular formula is C19H38OSi2. The summed E-state index contributed by atoms with van der Waals surface area (Å²) in [7, 11) is -2.99. The summed E-state index contributed by atoms with van der Waals surface area (Å²) in [6.07, 6.45) is 10.5. The molecule has 0 spiro atoms. The van der Waals surface area contributed by atoms with Gasteiger partial charge in [0, 0.05) is 0 Å². The van der Waals surface area contributed by atoms with Gasteiger partial charge in [0.15, 0.2) is 7.83 Å². The monoisotopic (exact) mass is 338 g/mol. The van der Waals surface area contributed by atoms with Gasteiger partial charge in [-0.1, -0.05) is 96.8 Å². The van der Waals surface area contributed by atoms with Gasteiger partial charge >= 0.3 is 0 Å². The van der Waals surface area contributed by atoms with Crippen LogP contribution in [0.25, 0.3) is 0 Å². The van der Waals surface area contributed by atoms with E-state index in [1.54, 1.807) is 0 Å². The predicted octanol–water partition coefficient (Wildman–Crippen LogP) is 6.63. The van der Waals surface area contributed by atoms with Crippen LogP contribution in [0.4, 0.5) is 0 Å². The Labute approximate surface area is 141 Å². The van der Waals surface area contributed by atoms with E-state index in [4.69, 9.17) is 4.43 Å². The summed E-state index contributed by atoms with van der Waals surface area (Å²) in [4.78, 5) is 0. The third-order valence-corrected chi connectivity index (χ3v) is 25.1. The van der Waals surface area contributed by atoms with Gasteiger partial charge in [-0.2, -0.15) is 0 Å². The molecule has 1 rings (SSSR count). The van der Waals surface area contributed by atoms with Gasteiger partial charge in [-0.15, -0.1) is 0 Å². The number of hydrogen-bond acceptors (Lipinski definition) is 1. The van der Waals surface area contributed by atoms with Gasteiger partial charge in [0.1, 0.15) is 0 Å². The maximum Gasteiger partial charge on any atom is 0.181 e. The van der Waals surface area contributed by atoms with Crippen molar-refractivity contribution in [3.8, 4) is 0 Å². The van der Waals surface area contributed by atoms with E-state index in [2.05, 4.69) is 40.9 Å².